The van der Waals surface area contributed by atoms with Crippen molar-refractivity contribution in [1.29, 1.82) is 5.26 Å². The van der Waals surface area contributed by atoms with Crippen molar-refractivity contribution in [3.05, 3.63) is 41.2 Å². The van der Waals surface area contributed by atoms with Gasteiger partial charge in [0.2, 0.25) is 0 Å². The van der Waals surface area contributed by atoms with E-state index in [0.29, 0.717) is 10.5 Å². The molecule has 0 saturated carbocycles. The first kappa shape index (κ1) is 20.4. The number of nitriles is 1. The minimum absolute atomic E-state index is 0.0381. The van der Waals surface area contributed by atoms with E-state index in [9.17, 15) is 14.2 Å². The molecule has 0 aliphatic heterocycles. The van der Waals surface area contributed by atoms with Gasteiger partial charge in [-0.25, -0.2) is 9.80 Å². The summed E-state index contributed by atoms with van der Waals surface area (Å²) in [7, 11) is -3.77. The van der Waals surface area contributed by atoms with Crippen LogP contribution in [0.4, 0.5) is 4.39 Å². The maximum Gasteiger partial charge on any atom is 0.381 e. The van der Waals surface area contributed by atoms with Crippen molar-refractivity contribution < 1.29 is 27.8 Å². The van der Waals surface area contributed by atoms with Crippen molar-refractivity contribution in [2.75, 3.05) is 19.5 Å². The van der Waals surface area contributed by atoms with Crippen LogP contribution in [0.15, 0.2) is 33.6 Å². The average Bonchev–Trinajstić information content (AvgIpc) is 2.61. The summed E-state index contributed by atoms with van der Waals surface area (Å²) >= 11 is 1.18. The Morgan fingerprint density at radius 3 is 2.31 bits per heavy atom. The maximum absolute atomic E-state index is 13.2. The molecule has 1 aromatic heterocycles. The third-order valence-electron chi connectivity index (χ3n) is 3.41. The molecule has 0 bridgehead atoms. The van der Waals surface area contributed by atoms with Crippen molar-refractivity contribution in [2.24, 2.45) is 0 Å². The first-order valence-corrected chi connectivity index (χ1v) is 10.6. The van der Waals surface area contributed by atoms with Gasteiger partial charge in [-0.15, -0.1) is 11.8 Å². The van der Waals surface area contributed by atoms with E-state index in [1.165, 1.54) is 36.0 Å². The van der Waals surface area contributed by atoms with Gasteiger partial charge in [-0.05, 0) is 44.4 Å². The number of hydrogen-bond acceptors (Lipinski definition) is 6. The van der Waals surface area contributed by atoms with E-state index in [4.69, 9.17) is 18.9 Å². The van der Waals surface area contributed by atoms with Crippen molar-refractivity contribution in [2.45, 2.75) is 18.7 Å². The topological polar surface area (TPSA) is 98.1 Å². The van der Waals surface area contributed by atoms with Crippen molar-refractivity contribution in [1.82, 2.24) is 0 Å². The first-order chi connectivity index (χ1) is 12.4. The predicted molar refractivity (Wildman–Crippen MR) is 96.2 cm³/mol. The zero-order chi connectivity index (χ0) is 19.3. The van der Waals surface area contributed by atoms with E-state index in [0.717, 1.165) is 0 Å². The van der Waals surface area contributed by atoms with Crippen LogP contribution in [0.1, 0.15) is 19.4 Å². The van der Waals surface area contributed by atoms with Gasteiger partial charge in [-0.1, -0.05) is 0 Å². The number of rotatable bonds is 7. The number of benzene rings is 1. The number of thioether (sulfide) groups is 1. The van der Waals surface area contributed by atoms with Gasteiger partial charge in [-0.2, -0.15) is 5.26 Å². The smallest absolute Gasteiger partial charge is 0.381 e. The molecule has 0 spiro atoms. The van der Waals surface area contributed by atoms with Crippen LogP contribution in [0.5, 0.6) is 0 Å². The highest BCUT2D eigenvalue weighted by atomic mass is 32.2. The lowest BCUT2D eigenvalue weighted by Crippen LogP contribution is -2.53. The standard InChI is InChI=1S/C17H18FN2O4PS/c1-4-22-25(21,23-5-2)15-16(26-3)13(10-19)14(24-17(15)20)11-6-8-12(18)9-7-11/h6-9,20H,4-5H2,1-3H3/p+1. The fourth-order valence-corrected chi connectivity index (χ4v) is 5.35. The average molecular weight is 397 g/mol. The van der Waals surface area contributed by atoms with Gasteiger partial charge in [0.05, 0.1) is 18.1 Å². The molecule has 0 radical (unpaired) electrons. The molecule has 0 aliphatic rings. The number of hydrogen-bond donors (Lipinski definition) is 1. The summed E-state index contributed by atoms with van der Waals surface area (Å²) in [5.74, 6) is -0.253. The van der Waals surface area contributed by atoms with E-state index in [1.807, 2.05) is 0 Å². The molecule has 0 fully saturated rings. The fraction of sp³-hybridized carbons (Fsp3) is 0.294. The molecule has 2 aromatic rings. The molecule has 2 rings (SSSR count). The van der Waals surface area contributed by atoms with Crippen LogP contribution in [0.25, 0.3) is 11.3 Å². The molecule has 0 saturated heterocycles. The SMILES string of the molecule is CCOP(=O)(OCC)c1c(SC)c(C#N)c(-c2ccc(F)cc2)oc1=[NH2+]. The molecular formula is C17H19FN2O4PS+. The van der Waals surface area contributed by atoms with Crippen LogP contribution in [0.2, 0.25) is 0 Å². The summed E-state index contributed by atoms with van der Waals surface area (Å²) in [6.07, 6.45) is 1.72. The Morgan fingerprint density at radius 2 is 1.85 bits per heavy atom. The van der Waals surface area contributed by atoms with Gasteiger partial charge in [0.1, 0.15) is 17.4 Å². The third-order valence-corrected chi connectivity index (χ3v) is 6.56. The van der Waals surface area contributed by atoms with Gasteiger partial charge in [-0.3, -0.25) is 4.57 Å². The predicted octanol–water partition coefficient (Wildman–Crippen LogP) is 2.23. The molecule has 9 heteroatoms. The third kappa shape index (κ3) is 3.92. The highest BCUT2D eigenvalue weighted by molar-refractivity contribution is 7.99. The molecule has 0 aliphatic carbocycles. The summed E-state index contributed by atoms with van der Waals surface area (Å²) in [5, 5.41) is 15.8. The minimum Gasteiger partial charge on any atom is -0.403 e. The molecule has 0 atom stereocenters. The van der Waals surface area contributed by atoms with Crippen LogP contribution < -0.4 is 16.3 Å². The molecule has 1 aromatic carbocycles. The van der Waals surface area contributed by atoms with Crippen LogP contribution in [-0.4, -0.2) is 19.5 Å². The van der Waals surface area contributed by atoms with Crippen LogP contribution >= 0.6 is 19.4 Å². The van der Waals surface area contributed by atoms with Crippen LogP contribution in [-0.2, 0) is 13.6 Å². The molecule has 1 heterocycles. The quantitative estimate of drug-likeness (QED) is 0.568. The largest absolute Gasteiger partial charge is 0.403 e. The molecule has 26 heavy (non-hydrogen) atoms. The van der Waals surface area contributed by atoms with Gasteiger partial charge >= 0.3 is 13.1 Å². The zero-order valence-corrected chi connectivity index (χ0v) is 16.3. The van der Waals surface area contributed by atoms with E-state index >= 15 is 0 Å². The second-order valence-corrected chi connectivity index (χ2v) is 7.78. The molecule has 2 N–H and O–H groups in total. The lowest BCUT2D eigenvalue weighted by Gasteiger charge is -2.18. The molecule has 0 amide bonds. The first-order valence-electron chi connectivity index (χ1n) is 7.81. The summed E-state index contributed by atoms with van der Waals surface area (Å²) in [6.45, 7) is 3.62. The number of nitrogens with zero attached hydrogens (tertiary/aromatic N) is 1. The van der Waals surface area contributed by atoms with Gasteiger partial charge in [0.25, 0.3) is 0 Å². The lowest BCUT2D eigenvalue weighted by molar-refractivity contribution is -0.196. The highest BCUT2D eigenvalue weighted by Crippen LogP contribution is 2.48. The summed E-state index contributed by atoms with van der Waals surface area (Å²) in [5.41, 5.74) is 0.435. The Labute approximate surface area is 155 Å². The molecular weight excluding hydrogens is 378 g/mol. The van der Waals surface area contributed by atoms with Gasteiger partial charge in [0.15, 0.2) is 11.1 Å². The van der Waals surface area contributed by atoms with Crippen molar-refractivity contribution in [3.8, 4) is 17.4 Å². The van der Waals surface area contributed by atoms with E-state index in [2.05, 4.69) is 6.07 Å². The highest BCUT2D eigenvalue weighted by Gasteiger charge is 2.38. The van der Waals surface area contributed by atoms with Crippen LogP contribution in [0.3, 0.4) is 0 Å². The molecule has 0 unspecified atom stereocenters. The maximum atomic E-state index is 13.2. The van der Waals surface area contributed by atoms with E-state index in [1.54, 1.807) is 20.1 Å². The normalized spacial score (nSPS) is 11.3. The van der Waals surface area contributed by atoms with E-state index < -0.39 is 13.4 Å². The minimum atomic E-state index is -3.77. The van der Waals surface area contributed by atoms with Crippen molar-refractivity contribution in [3.63, 3.8) is 0 Å². The zero-order valence-electron chi connectivity index (χ0n) is 14.6. The molecule has 138 valence electrons. The monoisotopic (exact) mass is 397 g/mol. The summed E-state index contributed by atoms with van der Waals surface area (Å²) in [4.78, 5) is 0.348. The fourth-order valence-electron chi connectivity index (χ4n) is 2.41. The summed E-state index contributed by atoms with van der Waals surface area (Å²) < 4.78 is 42.8. The van der Waals surface area contributed by atoms with Gasteiger partial charge < -0.3 is 13.5 Å². The Hall–Kier alpha value is -1.91. The molecule has 6 nitrogen and oxygen atoms in total. The second-order valence-electron chi connectivity index (χ2n) is 5.00. The Kier molecular flexibility index (Phi) is 6.79. The van der Waals surface area contributed by atoms with Gasteiger partial charge in [0, 0.05) is 5.56 Å². The second kappa shape index (κ2) is 8.65. The Morgan fingerprint density at radius 1 is 1.27 bits per heavy atom. The number of nitrogens with two attached hydrogens (primary N) is 1. The van der Waals surface area contributed by atoms with Crippen molar-refractivity contribution >= 4 is 24.7 Å². The van der Waals surface area contributed by atoms with E-state index in [-0.39, 0.29) is 35.4 Å². The number of halogens is 1. The lowest BCUT2D eigenvalue weighted by atomic mass is 10.1. The Bertz CT molecular complexity index is 928. The summed E-state index contributed by atoms with van der Waals surface area (Å²) in [6, 6.07) is 7.51. The Balaban J connectivity index is 2.82. The van der Waals surface area contributed by atoms with Crippen LogP contribution in [0, 0.1) is 17.1 Å².